The van der Waals surface area contributed by atoms with Crippen molar-refractivity contribution in [2.45, 2.75) is 46.0 Å². The summed E-state index contributed by atoms with van der Waals surface area (Å²) in [7, 11) is 0. The molecule has 0 aliphatic carbocycles. The van der Waals surface area contributed by atoms with Crippen molar-refractivity contribution >= 4 is 27.5 Å². The number of unbranched alkanes of at least 4 members (excludes halogenated alkanes) is 2. The van der Waals surface area contributed by atoms with Crippen molar-refractivity contribution in [3.05, 3.63) is 54.1 Å². The molecule has 2 heteroatoms. The predicted octanol–water partition coefficient (Wildman–Crippen LogP) is 6.04. The number of aryl methyl sites for hydroxylation is 1. The van der Waals surface area contributed by atoms with E-state index in [9.17, 15) is 4.79 Å². The van der Waals surface area contributed by atoms with Crippen LogP contribution in [-0.4, -0.2) is 5.97 Å². The van der Waals surface area contributed by atoms with Crippen LogP contribution < -0.4 is 4.74 Å². The van der Waals surface area contributed by atoms with Crippen molar-refractivity contribution in [2.24, 2.45) is 0 Å². The molecule has 24 heavy (non-hydrogen) atoms. The number of ether oxygens (including phenoxy) is 1. The van der Waals surface area contributed by atoms with Crippen molar-refractivity contribution in [2.75, 3.05) is 0 Å². The molecule has 0 amide bonds. The van der Waals surface area contributed by atoms with Crippen LogP contribution in [0.3, 0.4) is 0 Å². The fourth-order valence-corrected chi connectivity index (χ4v) is 3.08. The Morgan fingerprint density at radius 2 is 1.71 bits per heavy atom. The summed E-state index contributed by atoms with van der Waals surface area (Å²) in [5.41, 5.74) is 1.25. The molecule has 0 spiro atoms. The molecule has 0 saturated heterocycles. The number of hydrogen-bond donors (Lipinski definition) is 0. The molecule has 0 saturated carbocycles. The first-order chi connectivity index (χ1) is 11.7. The van der Waals surface area contributed by atoms with Gasteiger partial charge in [0.05, 0.1) is 0 Å². The Balaban J connectivity index is 2.08. The quantitative estimate of drug-likeness (QED) is 0.239. The average Bonchev–Trinajstić information content (AvgIpc) is 2.61. The molecule has 3 rings (SSSR count). The largest absolute Gasteiger partial charge is 0.425 e. The maximum atomic E-state index is 12.3. The van der Waals surface area contributed by atoms with E-state index in [1.807, 2.05) is 18.2 Å². The second-order valence-corrected chi connectivity index (χ2v) is 6.27. The standard InChI is InChI=1S/C22H24O2/c1-3-5-6-11-21(23)24-22-19-10-8-7-9-17(19)15-18-13-12-16(4-2)14-20(18)22/h7-10,12-15H,3-6,11H2,1-2H3. The van der Waals surface area contributed by atoms with Crippen molar-refractivity contribution in [3.63, 3.8) is 0 Å². The SMILES string of the molecule is CCCCCC(=O)Oc1c2ccccc2cc2ccc(CC)cc12. The van der Waals surface area contributed by atoms with Gasteiger partial charge in [0.2, 0.25) is 0 Å². The van der Waals surface area contributed by atoms with Crippen LogP contribution in [0.5, 0.6) is 5.75 Å². The summed E-state index contributed by atoms with van der Waals surface area (Å²) in [6.45, 7) is 4.27. The van der Waals surface area contributed by atoms with Crippen molar-refractivity contribution < 1.29 is 9.53 Å². The fourth-order valence-electron chi connectivity index (χ4n) is 3.08. The summed E-state index contributed by atoms with van der Waals surface area (Å²) < 4.78 is 5.85. The smallest absolute Gasteiger partial charge is 0.311 e. The first-order valence-electron chi connectivity index (χ1n) is 8.88. The molecule has 0 aliphatic rings. The van der Waals surface area contributed by atoms with E-state index in [0.717, 1.165) is 47.2 Å². The molecule has 3 aromatic rings. The van der Waals surface area contributed by atoms with Crippen LogP contribution >= 0.6 is 0 Å². The topological polar surface area (TPSA) is 26.3 Å². The van der Waals surface area contributed by atoms with Crippen molar-refractivity contribution in [1.82, 2.24) is 0 Å². The van der Waals surface area contributed by atoms with Crippen LogP contribution in [0.2, 0.25) is 0 Å². The van der Waals surface area contributed by atoms with Gasteiger partial charge in [-0.2, -0.15) is 0 Å². The summed E-state index contributed by atoms with van der Waals surface area (Å²) in [6.07, 6.45) is 4.49. The third-order valence-corrected chi connectivity index (χ3v) is 4.49. The lowest BCUT2D eigenvalue weighted by atomic mass is 9.99. The van der Waals surface area contributed by atoms with E-state index in [1.54, 1.807) is 0 Å². The van der Waals surface area contributed by atoms with Crippen LogP contribution in [0.15, 0.2) is 48.5 Å². The molecule has 0 aliphatic heterocycles. The minimum Gasteiger partial charge on any atom is -0.425 e. The zero-order valence-corrected chi connectivity index (χ0v) is 14.5. The van der Waals surface area contributed by atoms with Gasteiger partial charge in [0.1, 0.15) is 5.75 Å². The predicted molar refractivity (Wildman–Crippen MR) is 101 cm³/mol. The van der Waals surface area contributed by atoms with Crippen molar-refractivity contribution in [1.29, 1.82) is 0 Å². The highest BCUT2D eigenvalue weighted by Crippen LogP contribution is 2.35. The zero-order valence-electron chi connectivity index (χ0n) is 14.5. The summed E-state index contributed by atoms with van der Waals surface area (Å²) >= 11 is 0. The van der Waals surface area contributed by atoms with Crippen LogP contribution in [-0.2, 0) is 11.2 Å². The third kappa shape index (κ3) is 3.43. The molecule has 0 atom stereocenters. The van der Waals surface area contributed by atoms with Gasteiger partial charge in [0.15, 0.2) is 0 Å². The van der Waals surface area contributed by atoms with E-state index in [4.69, 9.17) is 4.74 Å². The number of benzene rings is 3. The Morgan fingerprint density at radius 1 is 0.917 bits per heavy atom. The Bertz CT molecular complexity index is 864. The summed E-state index contributed by atoms with van der Waals surface area (Å²) in [6, 6.07) is 16.7. The van der Waals surface area contributed by atoms with E-state index in [0.29, 0.717) is 12.2 Å². The number of carbonyl (C=O) groups excluding carboxylic acids is 1. The molecule has 0 heterocycles. The number of esters is 1. The lowest BCUT2D eigenvalue weighted by molar-refractivity contribution is -0.134. The summed E-state index contributed by atoms with van der Waals surface area (Å²) in [5.74, 6) is 0.572. The minimum absolute atomic E-state index is 0.136. The summed E-state index contributed by atoms with van der Waals surface area (Å²) in [5, 5.41) is 4.24. The van der Waals surface area contributed by atoms with Gasteiger partial charge in [-0.1, -0.05) is 63.1 Å². The highest BCUT2D eigenvalue weighted by atomic mass is 16.5. The minimum atomic E-state index is -0.136. The maximum Gasteiger partial charge on any atom is 0.311 e. The van der Waals surface area contributed by atoms with Gasteiger partial charge < -0.3 is 4.74 Å². The fraction of sp³-hybridized carbons (Fsp3) is 0.318. The Hall–Kier alpha value is -2.35. The van der Waals surface area contributed by atoms with E-state index in [-0.39, 0.29) is 5.97 Å². The van der Waals surface area contributed by atoms with Gasteiger partial charge in [-0.05, 0) is 41.3 Å². The van der Waals surface area contributed by atoms with E-state index < -0.39 is 0 Å². The second-order valence-electron chi connectivity index (χ2n) is 6.27. The highest BCUT2D eigenvalue weighted by molar-refractivity contribution is 6.06. The molecule has 124 valence electrons. The molecule has 0 fully saturated rings. The number of carbonyl (C=O) groups is 1. The van der Waals surface area contributed by atoms with Gasteiger partial charge in [0, 0.05) is 17.2 Å². The molecule has 0 bridgehead atoms. The second kappa shape index (κ2) is 7.48. The monoisotopic (exact) mass is 320 g/mol. The van der Waals surface area contributed by atoms with Gasteiger partial charge >= 0.3 is 5.97 Å². The number of fused-ring (bicyclic) bond motifs is 2. The van der Waals surface area contributed by atoms with Crippen LogP contribution in [0.1, 0.15) is 45.1 Å². The average molecular weight is 320 g/mol. The normalized spacial score (nSPS) is 11.1. The number of rotatable bonds is 6. The van der Waals surface area contributed by atoms with E-state index in [2.05, 4.69) is 44.2 Å². The maximum absolute atomic E-state index is 12.3. The Morgan fingerprint density at radius 3 is 2.50 bits per heavy atom. The van der Waals surface area contributed by atoms with Crippen LogP contribution in [0.25, 0.3) is 21.5 Å². The lowest BCUT2D eigenvalue weighted by Gasteiger charge is -2.13. The Kier molecular flexibility index (Phi) is 5.14. The highest BCUT2D eigenvalue weighted by Gasteiger charge is 2.13. The zero-order chi connectivity index (χ0) is 16.9. The Labute approximate surface area is 143 Å². The van der Waals surface area contributed by atoms with Gasteiger partial charge in [-0.25, -0.2) is 0 Å². The molecule has 0 radical (unpaired) electrons. The van der Waals surface area contributed by atoms with Gasteiger partial charge in [-0.15, -0.1) is 0 Å². The molecule has 3 aromatic carbocycles. The molecule has 0 aromatic heterocycles. The van der Waals surface area contributed by atoms with Crippen LogP contribution in [0, 0.1) is 0 Å². The molecular weight excluding hydrogens is 296 g/mol. The summed E-state index contributed by atoms with van der Waals surface area (Å²) in [4.78, 5) is 12.3. The molecular formula is C22H24O2. The van der Waals surface area contributed by atoms with Gasteiger partial charge in [0.25, 0.3) is 0 Å². The van der Waals surface area contributed by atoms with Crippen LogP contribution in [0.4, 0.5) is 0 Å². The number of hydrogen-bond acceptors (Lipinski definition) is 2. The first-order valence-corrected chi connectivity index (χ1v) is 8.88. The first kappa shape index (κ1) is 16.5. The van der Waals surface area contributed by atoms with E-state index >= 15 is 0 Å². The van der Waals surface area contributed by atoms with Crippen molar-refractivity contribution in [3.8, 4) is 5.75 Å². The molecule has 0 unspecified atom stereocenters. The lowest BCUT2D eigenvalue weighted by Crippen LogP contribution is -2.08. The molecule has 2 nitrogen and oxygen atoms in total. The van der Waals surface area contributed by atoms with Gasteiger partial charge in [-0.3, -0.25) is 4.79 Å². The third-order valence-electron chi connectivity index (χ3n) is 4.49. The van der Waals surface area contributed by atoms with E-state index in [1.165, 1.54) is 5.56 Å². The molecule has 0 N–H and O–H groups in total.